The molecule has 0 atom stereocenters. The van der Waals surface area contributed by atoms with E-state index in [1.807, 2.05) is 55.5 Å². The van der Waals surface area contributed by atoms with E-state index in [2.05, 4.69) is 0 Å². The Labute approximate surface area is 132 Å². The average Bonchev–Trinajstić information content (AvgIpc) is 2.39. The summed E-state index contributed by atoms with van der Waals surface area (Å²) in [5.74, 6) is 2.60. The van der Waals surface area contributed by atoms with Crippen LogP contribution < -0.4 is 0 Å². The lowest BCUT2D eigenvalue weighted by atomic mass is 10.6. The molecule has 0 aromatic rings. The van der Waals surface area contributed by atoms with Gasteiger partial charge in [-0.15, -0.1) is 0 Å². The molecule has 0 fully saturated rings. The Balaban J connectivity index is 2.86. The molecule has 0 saturated carbocycles. The van der Waals surface area contributed by atoms with Gasteiger partial charge in [0.25, 0.3) is 0 Å². The highest BCUT2D eigenvalue weighted by molar-refractivity contribution is 9.26. The van der Waals surface area contributed by atoms with E-state index in [9.17, 15) is 0 Å². The maximum Gasteiger partial charge on any atom is 0.0516 e. The second-order valence-electron chi connectivity index (χ2n) is 3.89. The lowest BCUT2D eigenvalue weighted by Gasteiger charge is -2.01. The Morgan fingerprint density at radius 2 is 1.22 bits per heavy atom. The zero-order valence-electron chi connectivity index (χ0n) is 11.5. The van der Waals surface area contributed by atoms with Gasteiger partial charge in [-0.1, -0.05) is 33.7 Å². The van der Waals surface area contributed by atoms with Crippen LogP contribution in [0.5, 0.6) is 0 Å². The molecule has 0 heterocycles. The van der Waals surface area contributed by atoms with Crippen LogP contribution in [-0.2, 0) is 9.47 Å². The standard InChI is InChI=1S/C10H26O2S4Si2/c1-11-9-17-7-3-5-13-15-16-14-6-4-8-18-10-12-2/h3-10,17-18H2,1-2H3. The number of hydrogen-bond donors (Lipinski definition) is 0. The van der Waals surface area contributed by atoms with Crippen molar-refractivity contribution in [3.8, 4) is 0 Å². The molecule has 18 heavy (non-hydrogen) atoms. The van der Waals surface area contributed by atoms with E-state index in [0.29, 0.717) is 0 Å². The van der Waals surface area contributed by atoms with Crippen LogP contribution in [0.1, 0.15) is 12.8 Å². The lowest BCUT2D eigenvalue weighted by Crippen LogP contribution is -2.00. The first-order chi connectivity index (χ1) is 8.91. The van der Waals surface area contributed by atoms with Crippen molar-refractivity contribution in [3.05, 3.63) is 0 Å². The molecule has 8 heteroatoms. The normalized spacial score (nSPS) is 12.3. The summed E-state index contributed by atoms with van der Waals surface area (Å²) in [7, 11) is 11.7. The summed E-state index contributed by atoms with van der Waals surface area (Å²) in [6.07, 6.45) is 4.85. The Bertz CT molecular complexity index is 142. The zero-order valence-corrected chi connectivity index (χ0v) is 17.6. The molecule has 110 valence electrons. The van der Waals surface area contributed by atoms with Crippen molar-refractivity contribution in [1.29, 1.82) is 0 Å². The minimum atomic E-state index is 0.0900. The summed E-state index contributed by atoms with van der Waals surface area (Å²) in [6, 6.07) is 2.87. The Morgan fingerprint density at radius 1 is 0.778 bits per heavy atom. The molecular formula is C10H26O2S4Si2. The summed E-state index contributed by atoms with van der Waals surface area (Å²) in [5, 5.41) is 0. The summed E-state index contributed by atoms with van der Waals surface area (Å²) < 4.78 is 10.2. The molecule has 0 aromatic carbocycles. The summed E-state index contributed by atoms with van der Waals surface area (Å²) in [4.78, 5) is 0. The van der Waals surface area contributed by atoms with Crippen molar-refractivity contribution >= 4 is 60.3 Å². The van der Waals surface area contributed by atoms with Gasteiger partial charge in [0.15, 0.2) is 0 Å². The molecule has 0 N–H and O–H groups in total. The monoisotopic (exact) mass is 362 g/mol. The first kappa shape index (κ1) is 19.8. The molecule has 0 aliphatic heterocycles. The van der Waals surface area contributed by atoms with Crippen LogP contribution in [0.15, 0.2) is 0 Å². The van der Waals surface area contributed by atoms with Gasteiger partial charge in [-0.3, -0.25) is 0 Å². The van der Waals surface area contributed by atoms with Gasteiger partial charge < -0.3 is 9.47 Å². The van der Waals surface area contributed by atoms with Crippen LogP contribution in [0, 0.1) is 0 Å². The van der Waals surface area contributed by atoms with Gasteiger partial charge in [0.2, 0.25) is 0 Å². The van der Waals surface area contributed by atoms with Crippen LogP contribution in [0.3, 0.4) is 0 Å². The SMILES string of the molecule is COC[SiH2]CCCSSSSCCC[SiH2]COC. The minimum Gasteiger partial charge on any atom is -0.389 e. The van der Waals surface area contributed by atoms with E-state index in [-0.39, 0.29) is 19.0 Å². The predicted molar refractivity (Wildman–Crippen MR) is 99.8 cm³/mol. The number of hydrogen-bond acceptors (Lipinski definition) is 6. The molecule has 0 saturated heterocycles. The van der Waals surface area contributed by atoms with Gasteiger partial charge in [0, 0.05) is 38.2 Å². The summed E-state index contributed by atoms with van der Waals surface area (Å²) in [5.41, 5.74) is 0. The van der Waals surface area contributed by atoms with Crippen LogP contribution >= 0.6 is 41.2 Å². The predicted octanol–water partition coefficient (Wildman–Crippen LogP) is 2.83. The van der Waals surface area contributed by atoms with Gasteiger partial charge in [0.05, 0.1) is 19.0 Å². The molecule has 0 amide bonds. The molecule has 0 aliphatic rings. The van der Waals surface area contributed by atoms with Crippen molar-refractivity contribution in [2.45, 2.75) is 24.9 Å². The quantitative estimate of drug-likeness (QED) is 0.251. The van der Waals surface area contributed by atoms with E-state index in [0.717, 1.165) is 12.5 Å². The second-order valence-corrected chi connectivity index (χ2v) is 13.8. The molecule has 0 radical (unpaired) electrons. The molecule has 0 spiro atoms. The first-order valence-electron chi connectivity index (χ1n) is 6.47. The van der Waals surface area contributed by atoms with Gasteiger partial charge in [-0.2, -0.15) is 0 Å². The molecule has 0 unspecified atom stereocenters. The van der Waals surface area contributed by atoms with E-state index in [1.165, 1.54) is 36.4 Å². The molecule has 0 aromatic heterocycles. The fourth-order valence-corrected chi connectivity index (χ4v) is 10.5. The Morgan fingerprint density at radius 3 is 1.61 bits per heavy atom. The third-order valence-electron chi connectivity index (χ3n) is 2.28. The van der Waals surface area contributed by atoms with E-state index in [1.54, 1.807) is 0 Å². The lowest BCUT2D eigenvalue weighted by molar-refractivity contribution is 0.251. The average molecular weight is 363 g/mol. The topological polar surface area (TPSA) is 18.5 Å². The van der Waals surface area contributed by atoms with Gasteiger partial charge in [0.1, 0.15) is 0 Å². The van der Waals surface area contributed by atoms with Crippen molar-refractivity contribution < 1.29 is 9.47 Å². The molecular weight excluding hydrogens is 337 g/mol. The fraction of sp³-hybridized carbons (Fsp3) is 1.00. The molecule has 0 rings (SSSR count). The highest BCUT2D eigenvalue weighted by Crippen LogP contribution is 2.43. The zero-order chi connectivity index (χ0) is 13.3. The van der Waals surface area contributed by atoms with E-state index >= 15 is 0 Å². The maximum atomic E-state index is 5.09. The summed E-state index contributed by atoms with van der Waals surface area (Å²) >= 11 is 0. The number of rotatable bonds is 15. The first-order valence-corrected chi connectivity index (χ1v) is 15.6. The van der Waals surface area contributed by atoms with Gasteiger partial charge in [-0.05, 0) is 32.5 Å². The number of ether oxygens (including phenoxy) is 2. The van der Waals surface area contributed by atoms with Gasteiger partial charge >= 0.3 is 0 Å². The van der Waals surface area contributed by atoms with Crippen LogP contribution in [0.4, 0.5) is 0 Å². The van der Waals surface area contributed by atoms with Crippen LogP contribution in [-0.4, -0.2) is 57.2 Å². The Hall–Kier alpha value is 1.75. The molecule has 0 bridgehead atoms. The fourth-order valence-electron chi connectivity index (χ4n) is 1.28. The van der Waals surface area contributed by atoms with E-state index in [4.69, 9.17) is 9.47 Å². The van der Waals surface area contributed by atoms with Crippen molar-refractivity contribution in [3.63, 3.8) is 0 Å². The van der Waals surface area contributed by atoms with Crippen LogP contribution in [0.2, 0.25) is 12.1 Å². The largest absolute Gasteiger partial charge is 0.389 e. The second kappa shape index (κ2) is 18.8. The smallest absolute Gasteiger partial charge is 0.0516 e. The Kier molecular flexibility index (Phi) is 20.6. The summed E-state index contributed by atoms with van der Waals surface area (Å²) in [6.45, 7) is 0. The van der Waals surface area contributed by atoms with Crippen molar-refractivity contribution in [2.24, 2.45) is 0 Å². The molecule has 0 aliphatic carbocycles. The minimum absolute atomic E-state index is 0.0900. The molecule has 2 nitrogen and oxygen atoms in total. The highest BCUT2D eigenvalue weighted by atomic mass is 33.7. The third-order valence-corrected chi connectivity index (χ3v) is 12.3. The maximum absolute atomic E-state index is 5.09. The van der Waals surface area contributed by atoms with Crippen molar-refractivity contribution in [1.82, 2.24) is 0 Å². The van der Waals surface area contributed by atoms with E-state index < -0.39 is 0 Å². The van der Waals surface area contributed by atoms with Crippen molar-refractivity contribution in [2.75, 3.05) is 38.2 Å². The highest BCUT2D eigenvalue weighted by Gasteiger charge is 1.95. The van der Waals surface area contributed by atoms with Gasteiger partial charge in [-0.25, -0.2) is 0 Å². The number of methoxy groups -OCH3 is 2. The van der Waals surface area contributed by atoms with Crippen LogP contribution in [0.25, 0.3) is 0 Å². The third kappa shape index (κ3) is 17.8.